The van der Waals surface area contributed by atoms with Crippen LogP contribution in [0.15, 0.2) is 0 Å². The van der Waals surface area contributed by atoms with Gasteiger partial charge in [-0.1, -0.05) is 124 Å². The first-order chi connectivity index (χ1) is 10.2. The lowest BCUT2D eigenvalue weighted by molar-refractivity contribution is 0.369. The fourth-order valence-electron chi connectivity index (χ4n) is 3.31. The van der Waals surface area contributed by atoms with Crippen molar-refractivity contribution in [3.8, 4) is 0 Å². The molecule has 0 aromatic heterocycles. The summed E-state index contributed by atoms with van der Waals surface area (Å²) in [5.41, 5.74) is 0. The van der Waals surface area contributed by atoms with Gasteiger partial charge in [0.05, 0.1) is 0 Å². The lowest BCUT2D eigenvalue weighted by atomic mass is 9.90. The monoisotopic (exact) mass is 296 g/mol. The van der Waals surface area contributed by atoms with E-state index in [4.69, 9.17) is 0 Å². The molecule has 0 radical (unpaired) electrons. The van der Waals surface area contributed by atoms with Crippen molar-refractivity contribution in [3.05, 3.63) is 0 Å². The summed E-state index contributed by atoms with van der Waals surface area (Å²) in [5.74, 6) is 1.94. The third-order valence-electron chi connectivity index (χ3n) is 4.83. The van der Waals surface area contributed by atoms with E-state index in [2.05, 4.69) is 27.7 Å². The van der Waals surface area contributed by atoms with E-state index in [1.54, 1.807) is 0 Å². The molecule has 0 aromatic rings. The topological polar surface area (TPSA) is 0 Å². The van der Waals surface area contributed by atoms with E-state index in [1.165, 1.54) is 96.3 Å². The van der Waals surface area contributed by atoms with Gasteiger partial charge in [0, 0.05) is 0 Å². The SMILES string of the molecule is CCCCCC(CCCCC)CCCCCCCC(C)C. The minimum atomic E-state index is 0.895. The van der Waals surface area contributed by atoms with E-state index in [1.807, 2.05) is 0 Å². The van der Waals surface area contributed by atoms with E-state index in [9.17, 15) is 0 Å². The molecular formula is C21H44. The third-order valence-corrected chi connectivity index (χ3v) is 4.83. The summed E-state index contributed by atoms with van der Waals surface area (Å²) in [5, 5.41) is 0. The van der Waals surface area contributed by atoms with Crippen molar-refractivity contribution in [1.82, 2.24) is 0 Å². The number of hydrogen-bond acceptors (Lipinski definition) is 0. The Morgan fingerprint density at radius 1 is 0.476 bits per heavy atom. The van der Waals surface area contributed by atoms with Gasteiger partial charge in [0.1, 0.15) is 0 Å². The quantitative estimate of drug-likeness (QED) is 0.252. The molecule has 21 heavy (non-hydrogen) atoms. The second-order valence-corrected chi connectivity index (χ2v) is 7.60. The summed E-state index contributed by atoms with van der Waals surface area (Å²) in [6, 6.07) is 0. The largest absolute Gasteiger partial charge is 0.0654 e. The van der Waals surface area contributed by atoms with Crippen LogP contribution in [0.1, 0.15) is 124 Å². The Labute approximate surface area is 136 Å². The van der Waals surface area contributed by atoms with Crippen LogP contribution in [0.4, 0.5) is 0 Å². The Balaban J connectivity index is 3.58. The summed E-state index contributed by atoms with van der Waals surface area (Å²) in [4.78, 5) is 0. The Morgan fingerprint density at radius 3 is 1.29 bits per heavy atom. The van der Waals surface area contributed by atoms with Crippen molar-refractivity contribution >= 4 is 0 Å². The first kappa shape index (κ1) is 21.0. The number of hydrogen-bond donors (Lipinski definition) is 0. The Kier molecular flexibility index (Phi) is 16.4. The van der Waals surface area contributed by atoms with Crippen molar-refractivity contribution in [2.24, 2.45) is 11.8 Å². The summed E-state index contributed by atoms with van der Waals surface area (Å²) in [6.07, 6.45) is 21.9. The summed E-state index contributed by atoms with van der Waals surface area (Å²) >= 11 is 0. The van der Waals surface area contributed by atoms with E-state index in [0.717, 1.165) is 11.8 Å². The fourth-order valence-corrected chi connectivity index (χ4v) is 3.31. The number of rotatable bonds is 16. The standard InChI is InChI=1S/C21H44/c1-5-7-12-17-21(18-13-8-6-2)19-15-11-9-10-14-16-20(3)4/h20-21H,5-19H2,1-4H3. The van der Waals surface area contributed by atoms with Gasteiger partial charge < -0.3 is 0 Å². The smallest absolute Gasteiger partial charge is 0.0414 e. The van der Waals surface area contributed by atoms with E-state index >= 15 is 0 Å². The van der Waals surface area contributed by atoms with Gasteiger partial charge in [0.15, 0.2) is 0 Å². The van der Waals surface area contributed by atoms with Crippen LogP contribution in [0.5, 0.6) is 0 Å². The lowest BCUT2D eigenvalue weighted by Crippen LogP contribution is -2.01. The zero-order chi connectivity index (χ0) is 15.8. The first-order valence-electron chi connectivity index (χ1n) is 10.2. The molecule has 0 heterocycles. The molecule has 0 unspecified atom stereocenters. The van der Waals surface area contributed by atoms with Gasteiger partial charge in [-0.3, -0.25) is 0 Å². The molecule has 128 valence electrons. The second-order valence-electron chi connectivity index (χ2n) is 7.60. The van der Waals surface area contributed by atoms with Crippen molar-refractivity contribution in [2.75, 3.05) is 0 Å². The molecule has 0 heteroatoms. The average molecular weight is 297 g/mol. The van der Waals surface area contributed by atoms with Crippen LogP contribution < -0.4 is 0 Å². The molecule has 0 bridgehead atoms. The van der Waals surface area contributed by atoms with E-state index in [-0.39, 0.29) is 0 Å². The van der Waals surface area contributed by atoms with Crippen LogP contribution in [0.2, 0.25) is 0 Å². The molecule has 0 saturated heterocycles. The maximum absolute atomic E-state index is 2.34. The predicted molar refractivity (Wildman–Crippen MR) is 98.9 cm³/mol. The Morgan fingerprint density at radius 2 is 0.857 bits per heavy atom. The van der Waals surface area contributed by atoms with Gasteiger partial charge in [0.25, 0.3) is 0 Å². The maximum atomic E-state index is 2.34. The molecular weight excluding hydrogens is 252 g/mol. The minimum Gasteiger partial charge on any atom is -0.0654 e. The lowest BCUT2D eigenvalue weighted by Gasteiger charge is -2.16. The zero-order valence-corrected chi connectivity index (χ0v) is 15.8. The average Bonchev–Trinajstić information content (AvgIpc) is 2.45. The molecule has 0 amide bonds. The van der Waals surface area contributed by atoms with E-state index < -0.39 is 0 Å². The van der Waals surface area contributed by atoms with Gasteiger partial charge in [-0.15, -0.1) is 0 Å². The maximum Gasteiger partial charge on any atom is -0.0414 e. The highest BCUT2D eigenvalue weighted by molar-refractivity contribution is 4.61. The molecule has 0 atom stereocenters. The Bertz CT molecular complexity index is 172. The van der Waals surface area contributed by atoms with Crippen molar-refractivity contribution < 1.29 is 0 Å². The molecule has 0 aromatic carbocycles. The Hall–Kier alpha value is 0. The molecule has 0 aliphatic carbocycles. The number of unbranched alkanes of at least 4 members (excludes halogenated alkanes) is 8. The highest BCUT2D eigenvalue weighted by Gasteiger charge is 2.08. The highest BCUT2D eigenvalue weighted by atomic mass is 14.1. The zero-order valence-electron chi connectivity index (χ0n) is 15.8. The third kappa shape index (κ3) is 16.2. The van der Waals surface area contributed by atoms with Gasteiger partial charge in [-0.2, -0.15) is 0 Å². The molecule has 0 nitrogen and oxygen atoms in total. The van der Waals surface area contributed by atoms with E-state index in [0.29, 0.717) is 0 Å². The first-order valence-corrected chi connectivity index (χ1v) is 10.2. The minimum absolute atomic E-state index is 0.895. The van der Waals surface area contributed by atoms with Crippen molar-refractivity contribution in [2.45, 2.75) is 124 Å². The van der Waals surface area contributed by atoms with Gasteiger partial charge in [0.2, 0.25) is 0 Å². The molecule has 0 aliphatic heterocycles. The predicted octanol–water partition coefficient (Wildman–Crippen LogP) is 8.15. The normalized spacial score (nSPS) is 11.7. The summed E-state index contributed by atoms with van der Waals surface area (Å²) in [7, 11) is 0. The van der Waals surface area contributed by atoms with Crippen LogP contribution in [0.25, 0.3) is 0 Å². The molecule has 0 fully saturated rings. The van der Waals surface area contributed by atoms with Gasteiger partial charge >= 0.3 is 0 Å². The van der Waals surface area contributed by atoms with Crippen LogP contribution in [-0.4, -0.2) is 0 Å². The summed E-state index contributed by atoms with van der Waals surface area (Å²) in [6.45, 7) is 9.33. The van der Waals surface area contributed by atoms with Crippen LogP contribution in [-0.2, 0) is 0 Å². The van der Waals surface area contributed by atoms with Crippen LogP contribution in [0, 0.1) is 11.8 Å². The van der Waals surface area contributed by atoms with Gasteiger partial charge in [-0.25, -0.2) is 0 Å². The molecule has 0 saturated carbocycles. The molecule has 0 aliphatic rings. The van der Waals surface area contributed by atoms with Crippen molar-refractivity contribution in [3.63, 3.8) is 0 Å². The highest BCUT2D eigenvalue weighted by Crippen LogP contribution is 2.24. The van der Waals surface area contributed by atoms with Crippen LogP contribution >= 0.6 is 0 Å². The molecule has 0 spiro atoms. The van der Waals surface area contributed by atoms with Gasteiger partial charge in [-0.05, 0) is 11.8 Å². The fraction of sp³-hybridized carbons (Fsp3) is 1.00. The molecule has 0 N–H and O–H groups in total. The van der Waals surface area contributed by atoms with Crippen LogP contribution in [0.3, 0.4) is 0 Å². The summed E-state index contributed by atoms with van der Waals surface area (Å²) < 4.78 is 0. The second kappa shape index (κ2) is 16.4. The van der Waals surface area contributed by atoms with Crippen molar-refractivity contribution in [1.29, 1.82) is 0 Å². The molecule has 0 rings (SSSR count).